The van der Waals surface area contributed by atoms with E-state index in [0.29, 0.717) is 10.9 Å². The fourth-order valence-electron chi connectivity index (χ4n) is 1.96. The van der Waals surface area contributed by atoms with Crippen molar-refractivity contribution in [2.75, 3.05) is 0 Å². The molecule has 0 spiro atoms. The molecule has 0 bridgehead atoms. The maximum Gasteiger partial charge on any atom is 0.336 e. The first kappa shape index (κ1) is 10.7. The van der Waals surface area contributed by atoms with Crippen molar-refractivity contribution in [3.63, 3.8) is 0 Å². The molecule has 4 nitrogen and oxygen atoms in total. The standard InChI is InChI=1S/C12H14N2O2/c1-7(2)8-4-5-10-9(6-13-14(10)3)11(8)12(15)16/h4-7H,1-3H3,(H,15,16). The third-order valence-electron chi connectivity index (χ3n) is 2.80. The first-order chi connectivity index (χ1) is 7.52. The molecule has 0 saturated heterocycles. The lowest BCUT2D eigenvalue weighted by Crippen LogP contribution is -2.04. The minimum absolute atomic E-state index is 0.190. The number of hydrogen-bond acceptors (Lipinski definition) is 2. The van der Waals surface area contributed by atoms with E-state index in [4.69, 9.17) is 0 Å². The molecule has 84 valence electrons. The summed E-state index contributed by atoms with van der Waals surface area (Å²) in [6, 6.07) is 3.79. The Morgan fingerprint density at radius 2 is 2.12 bits per heavy atom. The molecule has 0 aliphatic rings. The van der Waals surface area contributed by atoms with E-state index >= 15 is 0 Å². The van der Waals surface area contributed by atoms with Gasteiger partial charge in [0.2, 0.25) is 0 Å². The van der Waals surface area contributed by atoms with Crippen molar-refractivity contribution in [1.82, 2.24) is 9.78 Å². The summed E-state index contributed by atoms with van der Waals surface area (Å²) in [6.07, 6.45) is 1.62. The highest BCUT2D eigenvalue weighted by atomic mass is 16.4. The van der Waals surface area contributed by atoms with Gasteiger partial charge in [-0.1, -0.05) is 19.9 Å². The Balaban J connectivity index is 2.85. The third-order valence-corrected chi connectivity index (χ3v) is 2.80. The van der Waals surface area contributed by atoms with E-state index in [2.05, 4.69) is 5.10 Å². The van der Waals surface area contributed by atoms with Gasteiger partial charge in [0.15, 0.2) is 0 Å². The summed E-state index contributed by atoms with van der Waals surface area (Å²) in [5.41, 5.74) is 2.08. The number of aromatic carboxylic acids is 1. The van der Waals surface area contributed by atoms with Gasteiger partial charge in [0, 0.05) is 12.4 Å². The molecule has 0 atom stereocenters. The molecule has 0 fully saturated rings. The lowest BCUT2D eigenvalue weighted by Gasteiger charge is -2.10. The van der Waals surface area contributed by atoms with Gasteiger partial charge in [-0.15, -0.1) is 0 Å². The second-order valence-corrected chi connectivity index (χ2v) is 4.19. The van der Waals surface area contributed by atoms with Crippen LogP contribution in [0.25, 0.3) is 10.9 Å². The predicted octanol–water partition coefficient (Wildman–Crippen LogP) is 2.39. The predicted molar refractivity (Wildman–Crippen MR) is 61.8 cm³/mol. The fraction of sp³-hybridized carbons (Fsp3) is 0.333. The third kappa shape index (κ3) is 1.46. The number of rotatable bonds is 2. The van der Waals surface area contributed by atoms with E-state index < -0.39 is 5.97 Å². The average Bonchev–Trinajstić information content (AvgIpc) is 2.58. The van der Waals surface area contributed by atoms with Crippen LogP contribution in [0.4, 0.5) is 0 Å². The van der Waals surface area contributed by atoms with Crippen molar-refractivity contribution >= 4 is 16.9 Å². The number of nitrogens with zero attached hydrogens (tertiary/aromatic N) is 2. The molecule has 1 heterocycles. The molecule has 0 saturated carbocycles. The summed E-state index contributed by atoms with van der Waals surface area (Å²) < 4.78 is 1.69. The molecule has 1 aromatic carbocycles. The van der Waals surface area contributed by atoms with Crippen LogP contribution in [0.3, 0.4) is 0 Å². The molecule has 0 radical (unpaired) electrons. The summed E-state index contributed by atoms with van der Waals surface area (Å²) >= 11 is 0. The number of aromatic nitrogens is 2. The average molecular weight is 218 g/mol. The fourth-order valence-corrected chi connectivity index (χ4v) is 1.96. The molecule has 16 heavy (non-hydrogen) atoms. The van der Waals surface area contributed by atoms with Crippen molar-refractivity contribution in [3.05, 3.63) is 29.5 Å². The zero-order chi connectivity index (χ0) is 11.9. The number of fused-ring (bicyclic) bond motifs is 1. The van der Waals surface area contributed by atoms with Gasteiger partial charge in [-0.3, -0.25) is 4.68 Å². The van der Waals surface area contributed by atoms with Crippen LogP contribution in [0.2, 0.25) is 0 Å². The monoisotopic (exact) mass is 218 g/mol. The molecule has 4 heteroatoms. The summed E-state index contributed by atoms with van der Waals surface area (Å²) in [5, 5.41) is 14.1. The number of benzene rings is 1. The van der Waals surface area contributed by atoms with Crippen LogP contribution in [0.1, 0.15) is 35.7 Å². The number of hydrogen-bond donors (Lipinski definition) is 1. The van der Waals surface area contributed by atoms with E-state index in [0.717, 1.165) is 11.1 Å². The van der Waals surface area contributed by atoms with Gasteiger partial charge >= 0.3 is 5.97 Å². The molecule has 0 aliphatic carbocycles. The van der Waals surface area contributed by atoms with E-state index in [1.165, 1.54) is 0 Å². The van der Waals surface area contributed by atoms with Gasteiger partial charge in [0.25, 0.3) is 0 Å². The molecular formula is C12H14N2O2. The minimum Gasteiger partial charge on any atom is -0.478 e. The quantitative estimate of drug-likeness (QED) is 0.842. The zero-order valence-electron chi connectivity index (χ0n) is 9.56. The largest absolute Gasteiger partial charge is 0.478 e. The summed E-state index contributed by atoms with van der Waals surface area (Å²) in [7, 11) is 1.81. The zero-order valence-corrected chi connectivity index (χ0v) is 9.56. The van der Waals surface area contributed by atoms with Crippen LogP contribution in [0.15, 0.2) is 18.3 Å². The molecule has 1 N–H and O–H groups in total. The SMILES string of the molecule is CC(C)c1ccc2c(cnn2C)c1C(=O)O. The summed E-state index contributed by atoms with van der Waals surface area (Å²) in [6.45, 7) is 3.98. The van der Waals surface area contributed by atoms with E-state index in [-0.39, 0.29) is 5.92 Å². The smallest absolute Gasteiger partial charge is 0.336 e. The van der Waals surface area contributed by atoms with Gasteiger partial charge in [0.1, 0.15) is 0 Å². The van der Waals surface area contributed by atoms with Gasteiger partial charge in [-0.05, 0) is 17.5 Å². The summed E-state index contributed by atoms with van der Waals surface area (Å²) in [5.74, 6) is -0.696. The van der Waals surface area contributed by atoms with Crippen LogP contribution in [0.5, 0.6) is 0 Å². The number of carboxylic acid groups (broad SMARTS) is 1. The van der Waals surface area contributed by atoms with E-state index in [1.54, 1.807) is 10.9 Å². The van der Waals surface area contributed by atoms with Gasteiger partial charge in [0.05, 0.1) is 17.3 Å². The van der Waals surface area contributed by atoms with Crippen molar-refractivity contribution in [3.8, 4) is 0 Å². The van der Waals surface area contributed by atoms with Gasteiger partial charge < -0.3 is 5.11 Å². The van der Waals surface area contributed by atoms with Crippen molar-refractivity contribution in [1.29, 1.82) is 0 Å². The Morgan fingerprint density at radius 3 is 2.69 bits per heavy atom. The lowest BCUT2D eigenvalue weighted by atomic mass is 9.95. The van der Waals surface area contributed by atoms with E-state index in [9.17, 15) is 9.90 Å². The Hall–Kier alpha value is -1.84. The molecule has 0 unspecified atom stereocenters. The Morgan fingerprint density at radius 1 is 1.44 bits per heavy atom. The Bertz CT molecular complexity index is 555. The van der Waals surface area contributed by atoms with Crippen LogP contribution in [-0.2, 0) is 7.05 Å². The molecule has 0 amide bonds. The van der Waals surface area contributed by atoms with Gasteiger partial charge in [-0.2, -0.15) is 5.10 Å². The summed E-state index contributed by atoms with van der Waals surface area (Å²) in [4.78, 5) is 11.3. The molecule has 2 rings (SSSR count). The minimum atomic E-state index is -0.887. The second kappa shape index (κ2) is 3.63. The highest BCUT2D eigenvalue weighted by Crippen LogP contribution is 2.27. The second-order valence-electron chi connectivity index (χ2n) is 4.19. The Labute approximate surface area is 93.5 Å². The highest BCUT2D eigenvalue weighted by molar-refractivity contribution is 6.04. The van der Waals surface area contributed by atoms with Gasteiger partial charge in [-0.25, -0.2) is 4.79 Å². The maximum atomic E-state index is 11.3. The molecule has 2 aromatic rings. The van der Waals surface area contributed by atoms with E-state index in [1.807, 2.05) is 33.0 Å². The Kier molecular flexibility index (Phi) is 2.42. The normalized spacial score (nSPS) is 11.2. The van der Waals surface area contributed by atoms with Crippen molar-refractivity contribution in [2.45, 2.75) is 19.8 Å². The molecular weight excluding hydrogens is 204 g/mol. The number of carbonyl (C=O) groups is 1. The van der Waals surface area contributed by atoms with Crippen molar-refractivity contribution in [2.24, 2.45) is 7.05 Å². The lowest BCUT2D eigenvalue weighted by molar-refractivity contribution is 0.0697. The highest BCUT2D eigenvalue weighted by Gasteiger charge is 2.18. The number of aryl methyl sites for hydroxylation is 1. The van der Waals surface area contributed by atoms with Crippen molar-refractivity contribution < 1.29 is 9.90 Å². The van der Waals surface area contributed by atoms with Crippen LogP contribution in [-0.4, -0.2) is 20.9 Å². The molecule has 1 aromatic heterocycles. The first-order valence-electron chi connectivity index (χ1n) is 5.20. The van der Waals surface area contributed by atoms with Crippen LogP contribution in [0, 0.1) is 0 Å². The first-order valence-corrected chi connectivity index (χ1v) is 5.20. The molecule has 0 aliphatic heterocycles. The number of carboxylic acids is 1. The van der Waals surface area contributed by atoms with Crippen LogP contribution < -0.4 is 0 Å². The van der Waals surface area contributed by atoms with Crippen LogP contribution >= 0.6 is 0 Å². The maximum absolute atomic E-state index is 11.3. The topological polar surface area (TPSA) is 55.1 Å².